The summed E-state index contributed by atoms with van der Waals surface area (Å²) < 4.78 is 1.13. The smallest absolute Gasteiger partial charge is 0.267 e. The third kappa shape index (κ3) is 2.79. The molecule has 2 heterocycles. The molecular formula is C18H18N2OS2. The van der Waals surface area contributed by atoms with Crippen LogP contribution in [0.4, 0.5) is 5.13 Å². The van der Waals surface area contributed by atoms with E-state index < -0.39 is 0 Å². The quantitative estimate of drug-likeness (QED) is 0.703. The molecule has 0 saturated carbocycles. The van der Waals surface area contributed by atoms with Gasteiger partial charge in [0.25, 0.3) is 5.91 Å². The topological polar surface area (TPSA) is 42.0 Å². The Hall–Kier alpha value is -1.72. The van der Waals surface area contributed by atoms with E-state index in [0.29, 0.717) is 5.13 Å². The summed E-state index contributed by atoms with van der Waals surface area (Å²) in [6.07, 6.45) is 4.71. The molecule has 0 fully saturated rings. The number of aromatic nitrogens is 1. The van der Waals surface area contributed by atoms with Crippen LogP contribution in [-0.2, 0) is 12.8 Å². The summed E-state index contributed by atoms with van der Waals surface area (Å²) in [6, 6.07) is 6.32. The van der Waals surface area contributed by atoms with Crippen molar-refractivity contribution in [2.45, 2.75) is 39.5 Å². The van der Waals surface area contributed by atoms with E-state index in [-0.39, 0.29) is 5.91 Å². The molecule has 1 aliphatic rings. The Morgan fingerprint density at radius 1 is 1.13 bits per heavy atom. The molecular weight excluding hydrogens is 324 g/mol. The number of rotatable bonds is 2. The van der Waals surface area contributed by atoms with Gasteiger partial charge in [-0.2, -0.15) is 0 Å². The van der Waals surface area contributed by atoms with E-state index in [0.717, 1.165) is 33.5 Å². The molecule has 118 valence electrons. The molecule has 23 heavy (non-hydrogen) atoms. The predicted octanol–water partition coefficient (Wildman–Crippen LogP) is 5.11. The van der Waals surface area contributed by atoms with Gasteiger partial charge in [-0.1, -0.05) is 17.4 Å². The van der Waals surface area contributed by atoms with Crippen molar-refractivity contribution in [2.24, 2.45) is 0 Å². The Morgan fingerprint density at radius 2 is 1.96 bits per heavy atom. The molecule has 0 saturated heterocycles. The highest BCUT2D eigenvalue weighted by Crippen LogP contribution is 2.32. The van der Waals surface area contributed by atoms with E-state index in [2.05, 4.69) is 42.3 Å². The number of carbonyl (C=O) groups excluding carboxylic acids is 1. The fourth-order valence-corrected chi connectivity index (χ4v) is 5.37. The average Bonchev–Trinajstić information content (AvgIpc) is 3.10. The Morgan fingerprint density at radius 3 is 2.78 bits per heavy atom. The van der Waals surface area contributed by atoms with Crippen LogP contribution in [0.15, 0.2) is 18.2 Å². The molecule has 1 aliphatic carbocycles. The minimum Gasteiger partial charge on any atom is -0.297 e. The molecule has 3 nitrogen and oxygen atoms in total. The van der Waals surface area contributed by atoms with Gasteiger partial charge in [0.05, 0.1) is 15.1 Å². The summed E-state index contributed by atoms with van der Waals surface area (Å²) >= 11 is 3.19. The lowest BCUT2D eigenvalue weighted by Gasteiger charge is -2.08. The zero-order valence-corrected chi connectivity index (χ0v) is 14.9. The molecule has 1 aromatic carbocycles. The van der Waals surface area contributed by atoms with Crippen molar-refractivity contribution in [3.05, 3.63) is 44.6 Å². The maximum absolute atomic E-state index is 12.5. The van der Waals surface area contributed by atoms with Crippen LogP contribution in [0.2, 0.25) is 0 Å². The van der Waals surface area contributed by atoms with Gasteiger partial charge in [-0.25, -0.2) is 4.98 Å². The number of fused-ring (bicyclic) bond motifs is 2. The number of anilines is 1. The predicted molar refractivity (Wildman–Crippen MR) is 98.0 cm³/mol. The van der Waals surface area contributed by atoms with Crippen LogP contribution >= 0.6 is 22.7 Å². The Balaban J connectivity index is 1.61. The number of amides is 1. The van der Waals surface area contributed by atoms with Crippen LogP contribution in [0.3, 0.4) is 0 Å². The summed E-state index contributed by atoms with van der Waals surface area (Å²) in [4.78, 5) is 19.3. The largest absolute Gasteiger partial charge is 0.297 e. The molecule has 2 aromatic heterocycles. The first-order valence-corrected chi connectivity index (χ1v) is 9.54. The third-order valence-electron chi connectivity index (χ3n) is 4.27. The molecule has 0 spiro atoms. The Labute approximate surface area is 143 Å². The van der Waals surface area contributed by atoms with E-state index in [1.165, 1.54) is 28.8 Å². The van der Waals surface area contributed by atoms with E-state index in [1.54, 1.807) is 22.7 Å². The molecule has 0 bridgehead atoms. The number of benzene rings is 1. The van der Waals surface area contributed by atoms with Gasteiger partial charge in [-0.05, 0) is 68.4 Å². The first-order chi connectivity index (χ1) is 11.1. The van der Waals surface area contributed by atoms with Crippen LogP contribution in [0.1, 0.15) is 44.1 Å². The van der Waals surface area contributed by atoms with Crippen LogP contribution in [-0.4, -0.2) is 10.9 Å². The van der Waals surface area contributed by atoms with Crippen molar-refractivity contribution in [3.63, 3.8) is 0 Å². The molecule has 0 radical (unpaired) electrons. The van der Waals surface area contributed by atoms with E-state index in [1.807, 2.05) is 0 Å². The summed E-state index contributed by atoms with van der Waals surface area (Å²) in [5, 5.41) is 3.67. The van der Waals surface area contributed by atoms with E-state index >= 15 is 0 Å². The van der Waals surface area contributed by atoms with Crippen molar-refractivity contribution >= 4 is 43.9 Å². The van der Waals surface area contributed by atoms with Crippen LogP contribution in [0.25, 0.3) is 10.2 Å². The van der Waals surface area contributed by atoms with Gasteiger partial charge in [0.1, 0.15) is 0 Å². The number of nitrogens with one attached hydrogen (secondary N) is 1. The van der Waals surface area contributed by atoms with Gasteiger partial charge in [-0.3, -0.25) is 10.1 Å². The monoisotopic (exact) mass is 342 g/mol. The normalized spacial score (nSPS) is 14.0. The van der Waals surface area contributed by atoms with E-state index in [9.17, 15) is 4.79 Å². The number of aryl methyl sites for hydroxylation is 4. The number of nitrogens with zero attached hydrogens (tertiary/aromatic N) is 1. The fraction of sp³-hybridized carbons (Fsp3) is 0.333. The molecule has 0 atom stereocenters. The average molecular weight is 342 g/mol. The standard InChI is InChI=1S/C18H18N2OS2/c1-10-7-11(2)16-14(8-10)23-18(19-16)20-17(21)15-9-12-5-3-4-6-13(12)22-15/h7-9H,3-6H2,1-2H3,(H,19,20,21). The highest BCUT2D eigenvalue weighted by atomic mass is 32.1. The SMILES string of the molecule is Cc1cc(C)c2nc(NC(=O)c3cc4c(s3)CCCC4)sc2c1. The van der Waals surface area contributed by atoms with Gasteiger partial charge >= 0.3 is 0 Å². The third-order valence-corrected chi connectivity index (χ3v) is 6.42. The first-order valence-electron chi connectivity index (χ1n) is 7.91. The van der Waals surface area contributed by atoms with Gasteiger partial charge in [0.15, 0.2) is 5.13 Å². The van der Waals surface area contributed by atoms with Gasteiger partial charge in [0, 0.05) is 4.88 Å². The number of thiazole rings is 1. The lowest BCUT2D eigenvalue weighted by molar-refractivity contribution is 0.103. The minimum absolute atomic E-state index is 0.0298. The van der Waals surface area contributed by atoms with Crippen LogP contribution in [0.5, 0.6) is 0 Å². The molecule has 1 amide bonds. The zero-order valence-electron chi connectivity index (χ0n) is 13.2. The van der Waals surface area contributed by atoms with E-state index in [4.69, 9.17) is 0 Å². The summed E-state index contributed by atoms with van der Waals surface area (Å²) in [5.74, 6) is -0.0298. The highest BCUT2D eigenvalue weighted by molar-refractivity contribution is 7.22. The Bertz CT molecular complexity index is 884. The van der Waals surface area contributed by atoms with Crippen molar-refractivity contribution in [2.75, 3.05) is 5.32 Å². The molecule has 5 heteroatoms. The minimum atomic E-state index is -0.0298. The highest BCUT2D eigenvalue weighted by Gasteiger charge is 2.18. The first kappa shape index (κ1) is 14.8. The Kier molecular flexibility index (Phi) is 3.70. The maximum atomic E-state index is 12.5. The lowest BCUT2D eigenvalue weighted by atomic mass is 9.99. The second-order valence-corrected chi connectivity index (χ2v) is 8.34. The summed E-state index contributed by atoms with van der Waals surface area (Å²) in [6.45, 7) is 4.15. The summed E-state index contributed by atoms with van der Waals surface area (Å²) in [5.41, 5.74) is 4.73. The van der Waals surface area contributed by atoms with Crippen LogP contribution in [0, 0.1) is 13.8 Å². The van der Waals surface area contributed by atoms with Crippen molar-refractivity contribution < 1.29 is 4.79 Å². The molecule has 4 rings (SSSR count). The lowest BCUT2D eigenvalue weighted by Crippen LogP contribution is -2.09. The second-order valence-electron chi connectivity index (χ2n) is 6.17. The van der Waals surface area contributed by atoms with Gasteiger partial charge in [-0.15, -0.1) is 11.3 Å². The molecule has 3 aromatic rings. The van der Waals surface area contributed by atoms with Crippen LogP contribution < -0.4 is 5.32 Å². The number of hydrogen-bond acceptors (Lipinski definition) is 4. The fourth-order valence-electron chi connectivity index (χ4n) is 3.19. The zero-order chi connectivity index (χ0) is 16.0. The van der Waals surface area contributed by atoms with Gasteiger partial charge in [0.2, 0.25) is 0 Å². The second kappa shape index (κ2) is 5.73. The number of thiophene rings is 1. The number of hydrogen-bond donors (Lipinski definition) is 1. The molecule has 1 N–H and O–H groups in total. The number of carbonyl (C=O) groups is 1. The summed E-state index contributed by atoms with van der Waals surface area (Å²) in [7, 11) is 0. The van der Waals surface area contributed by atoms with Crippen molar-refractivity contribution in [1.29, 1.82) is 0 Å². The molecule has 0 unspecified atom stereocenters. The maximum Gasteiger partial charge on any atom is 0.267 e. The molecule has 0 aliphatic heterocycles. The van der Waals surface area contributed by atoms with Crippen molar-refractivity contribution in [3.8, 4) is 0 Å². The van der Waals surface area contributed by atoms with Crippen molar-refractivity contribution in [1.82, 2.24) is 4.98 Å². The van der Waals surface area contributed by atoms with Gasteiger partial charge < -0.3 is 0 Å².